The van der Waals surface area contributed by atoms with E-state index in [4.69, 9.17) is 10.5 Å². The first-order valence-electron chi connectivity index (χ1n) is 10.0. The summed E-state index contributed by atoms with van der Waals surface area (Å²) in [5.74, 6) is 0.757. The van der Waals surface area contributed by atoms with Crippen molar-refractivity contribution in [3.63, 3.8) is 0 Å². The Balaban J connectivity index is 2.82. The second-order valence-electron chi connectivity index (χ2n) is 7.88. The highest BCUT2D eigenvalue weighted by Gasteiger charge is 2.33. The van der Waals surface area contributed by atoms with Gasteiger partial charge in [0.25, 0.3) is 0 Å². The van der Waals surface area contributed by atoms with E-state index < -0.39 is 11.9 Å². The molecule has 4 atom stereocenters. The zero-order valence-corrected chi connectivity index (χ0v) is 17.0. The van der Waals surface area contributed by atoms with Gasteiger partial charge in [0.15, 0.2) is 0 Å². The van der Waals surface area contributed by atoms with Crippen LogP contribution in [0.5, 0.6) is 0 Å². The number of carbonyl (C=O) groups excluding carboxylic acids is 2. The molecule has 0 aromatic rings. The Morgan fingerprint density at radius 2 is 1.96 bits per heavy atom. The Bertz CT molecular complexity index is 525. The first-order valence-corrected chi connectivity index (χ1v) is 10.0. The number of nitrogens with two attached hydrogens (primary N) is 1. The molecule has 1 rings (SSSR count). The van der Waals surface area contributed by atoms with Gasteiger partial charge in [0.2, 0.25) is 5.91 Å². The van der Waals surface area contributed by atoms with Gasteiger partial charge in [-0.2, -0.15) is 0 Å². The average molecular weight is 365 g/mol. The number of nitrogens with zero attached hydrogens (tertiary/aromatic N) is 1. The summed E-state index contributed by atoms with van der Waals surface area (Å²) in [4.78, 5) is 28.0. The maximum absolute atomic E-state index is 12.5. The fourth-order valence-electron chi connectivity index (χ4n) is 3.61. The molecule has 0 saturated heterocycles. The van der Waals surface area contributed by atoms with Crippen molar-refractivity contribution in [2.24, 2.45) is 28.5 Å². The van der Waals surface area contributed by atoms with E-state index in [0.717, 1.165) is 24.8 Å². The number of primary amides is 1. The van der Waals surface area contributed by atoms with Crippen molar-refractivity contribution in [1.82, 2.24) is 0 Å². The van der Waals surface area contributed by atoms with Crippen LogP contribution in [0.1, 0.15) is 73.1 Å². The molecular formula is C21H36N2O3. The van der Waals surface area contributed by atoms with Gasteiger partial charge in [0.05, 0.1) is 0 Å². The van der Waals surface area contributed by atoms with E-state index in [2.05, 4.69) is 25.8 Å². The monoisotopic (exact) mass is 364 g/mol. The van der Waals surface area contributed by atoms with Crippen LogP contribution in [0.2, 0.25) is 0 Å². The number of hydrogen-bond acceptors (Lipinski definition) is 4. The SMILES string of the molecule is CCC/C(C=N[C@@H](CC)C(N)=O)=C/C(=O)O[C@@H]1C[C@H](C)CC[C@H]1C(C)C. The van der Waals surface area contributed by atoms with Crippen molar-refractivity contribution in [3.05, 3.63) is 11.6 Å². The number of esters is 1. The summed E-state index contributed by atoms with van der Waals surface area (Å²) in [6.45, 7) is 10.5. The molecule has 2 N–H and O–H groups in total. The minimum atomic E-state index is -0.546. The third-order valence-electron chi connectivity index (χ3n) is 5.21. The van der Waals surface area contributed by atoms with Gasteiger partial charge < -0.3 is 10.5 Å². The molecule has 0 heterocycles. The summed E-state index contributed by atoms with van der Waals surface area (Å²) in [6.07, 6.45) is 8.49. The van der Waals surface area contributed by atoms with Gasteiger partial charge in [0, 0.05) is 12.3 Å². The van der Waals surface area contributed by atoms with Gasteiger partial charge in [-0.15, -0.1) is 0 Å². The fraction of sp³-hybridized carbons (Fsp3) is 0.762. The van der Waals surface area contributed by atoms with Crippen LogP contribution in [-0.4, -0.2) is 30.2 Å². The summed E-state index contributed by atoms with van der Waals surface area (Å²) in [5, 5.41) is 0. The zero-order valence-electron chi connectivity index (χ0n) is 17.0. The van der Waals surface area contributed by atoms with E-state index >= 15 is 0 Å². The van der Waals surface area contributed by atoms with Crippen molar-refractivity contribution in [2.75, 3.05) is 0 Å². The second kappa shape index (κ2) is 11.1. The van der Waals surface area contributed by atoms with Crippen LogP contribution in [0.4, 0.5) is 0 Å². The zero-order chi connectivity index (χ0) is 19.7. The Morgan fingerprint density at radius 1 is 1.27 bits per heavy atom. The van der Waals surface area contributed by atoms with Crippen molar-refractivity contribution in [2.45, 2.75) is 85.3 Å². The molecular weight excluding hydrogens is 328 g/mol. The van der Waals surface area contributed by atoms with Crippen LogP contribution < -0.4 is 5.73 Å². The summed E-state index contributed by atoms with van der Waals surface area (Å²) >= 11 is 0. The molecule has 0 unspecified atom stereocenters. The molecule has 0 aromatic heterocycles. The third-order valence-corrected chi connectivity index (χ3v) is 5.21. The van der Waals surface area contributed by atoms with E-state index in [-0.39, 0.29) is 12.1 Å². The molecule has 1 saturated carbocycles. The molecule has 5 heteroatoms. The van der Waals surface area contributed by atoms with E-state index in [1.54, 1.807) is 6.21 Å². The number of ether oxygens (including phenoxy) is 1. The van der Waals surface area contributed by atoms with Crippen LogP contribution >= 0.6 is 0 Å². The van der Waals surface area contributed by atoms with Gasteiger partial charge in [-0.3, -0.25) is 9.79 Å². The molecule has 148 valence electrons. The lowest BCUT2D eigenvalue weighted by atomic mass is 9.75. The molecule has 1 aliphatic rings. The van der Waals surface area contributed by atoms with Crippen molar-refractivity contribution in [3.8, 4) is 0 Å². The van der Waals surface area contributed by atoms with Crippen molar-refractivity contribution < 1.29 is 14.3 Å². The number of hydrogen-bond donors (Lipinski definition) is 1. The minimum absolute atomic E-state index is 0.0173. The fourth-order valence-corrected chi connectivity index (χ4v) is 3.61. The van der Waals surface area contributed by atoms with E-state index in [0.29, 0.717) is 30.6 Å². The Kier molecular flexibility index (Phi) is 9.60. The smallest absolute Gasteiger partial charge is 0.331 e. The Morgan fingerprint density at radius 3 is 2.50 bits per heavy atom. The number of carbonyl (C=O) groups is 2. The first-order chi connectivity index (χ1) is 12.3. The highest BCUT2D eigenvalue weighted by molar-refractivity contribution is 5.92. The van der Waals surface area contributed by atoms with Gasteiger partial charge in [-0.05, 0) is 49.0 Å². The molecule has 0 bridgehead atoms. The highest BCUT2D eigenvalue weighted by Crippen LogP contribution is 2.35. The summed E-state index contributed by atoms with van der Waals surface area (Å²) in [6, 6.07) is -0.546. The molecule has 0 aliphatic heterocycles. The molecule has 0 spiro atoms. The van der Waals surface area contributed by atoms with Crippen LogP contribution in [0.3, 0.4) is 0 Å². The molecule has 1 aliphatic carbocycles. The second-order valence-corrected chi connectivity index (χ2v) is 7.88. The molecule has 0 aromatic carbocycles. The lowest BCUT2D eigenvalue weighted by Gasteiger charge is -2.36. The number of aliphatic imine (C=N–C) groups is 1. The van der Waals surface area contributed by atoms with Gasteiger partial charge in [-0.25, -0.2) is 4.79 Å². The molecule has 0 radical (unpaired) electrons. The summed E-state index contributed by atoms with van der Waals surface area (Å²) in [5.41, 5.74) is 6.10. The largest absolute Gasteiger partial charge is 0.459 e. The highest BCUT2D eigenvalue weighted by atomic mass is 16.5. The van der Waals surface area contributed by atoms with E-state index in [9.17, 15) is 9.59 Å². The lowest BCUT2D eigenvalue weighted by molar-refractivity contribution is -0.149. The average Bonchev–Trinajstić information content (AvgIpc) is 2.54. The molecule has 1 amide bonds. The first kappa shape index (κ1) is 22.4. The predicted octanol–water partition coefficient (Wildman–Crippen LogP) is 4.05. The normalized spacial score (nSPS) is 25.5. The number of amides is 1. The predicted molar refractivity (Wildman–Crippen MR) is 106 cm³/mol. The summed E-state index contributed by atoms with van der Waals surface area (Å²) in [7, 11) is 0. The van der Waals surface area contributed by atoms with Gasteiger partial charge in [-0.1, -0.05) is 47.5 Å². The van der Waals surface area contributed by atoms with Gasteiger partial charge >= 0.3 is 5.97 Å². The van der Waals surface area contributed by atoms with Crippen molar-refractivity contribution in [1.29, 1.82) is 0 Å². The third kappa shape index (κ3) is 7.30. The Hall–Kier alpha value is -1.65. The topological polar surface area (TPSA) is 81.8 Å². The maximum Gasteiger partial charge on any atom is 0.331 e. The van der Waals surface area contributed by atoms with Crippen LogP contribution in [0, 0.1) is 17.8 Å². The van der Waals surface area contributed by atoms with E-state index in [1.165, 1.54) is 12.5 Å². The Labute approximate surface area is 158 Å². The van der Waals surface area contributed by atoms with Crippen LogP contribution in [0.25, 0.3) is 0 Å². The number of rotatable bonds is 9. The van der Waals surface area contributed by atoms with Crippen molar-refractivity contribution >= 4 is 18.1 Å². The molecule has 5 nitrogen and oxygen atoms in total. The number of allylic oxidation sites excluding steroid dienone is 1. The molecule has 1 fully saturated rings. The molecule has 26 heavy (non-hydrogen) atoms. The quantitative estimate of drug-likeness (QED) is 0.381. The van der Waals surface area contributed by atoms with Crippen LogP contribution in [0.15, 0.2) is 16.6 Å². The van der Waals surface area contributed by atoms with Crippen LogP contribution in [-0.2, 0) is 14.3 Å². The van der Waals surface area contributed by atoms with Gasteiger partial charge in [0.1, 0.15) is 12.1 Å². The summed E-state index contributed by atoms with van der Waals surface area (Å²) < 4.78 is 5.82. The standard InChI is InChI=1S/C21H36N2O3/c1-6-8-16(13-23-18(7-2)21(22)25)12-20(24)26-19-11-15(5)9-10-17(19)14(3)4/h12-15,17-19H,6-11H2,1-5H3,(H2,22,25)/b16-12-,23-13?/t15-,17+,18+,19-/m1/s1. The minimum Gasteiger partial charge on any atom is -0.459 e. The maximum atomic E-state index is 12.5. The van der Waals surface area contributed by atoms with E-state index in [1.807, 2.05) is 13.8 Å². The lowest BCUT2D eigenvalue weighted by Crippen LogP contribution is -2.35.